The van der Waals surface area contributed by atoms with Crippen molar-refractivity contribution in [2.75, 3.05) is 0 Å². The van der Waals surface area contributed by atoms with Crippen LogP contribution in [0.25, 0.3) is 6.08 Å². The van der Waals surface area contributed by atoms with Crippen LogP contribution in [0.3, 0.4) is 0 Å². The highest BCUT2D eigenvalue weighted by Gasteiger charge is 1.86. The highest BCUT2D eigenvalue weighted by Crippen LogP contribution is 2.00. The van der Waals surface area contributed by atoms with E-state index >= 15 is 0 Å². The molecule has 82 valence electrons. The Balaban J connectivity index is 0.000000487. The summed E-state index contributed by atoms with van der Waals surface area (Å²) in [5.74, 6) is -0.0705. The van der Waals surface area contributed by atoms with Gasteiger partial charge in [0.25, 0.3) is 0 Å². The largest absolute Gasteiger partial charge is 0.290 e. The van der Waals surface area contributed by atoms with E-state index in [1.165, 1.54) is 12.2 Å². The molecule has 0 saturated heterocycles. The fourth-order valence-corrected chi connectivity index (χ4v) is 0.811. The number of rotatable bonds is 4. The Morgan fingerprint density at radius 3 is 2.00 bits per heavy atom. The zero-order chi connectivity index (χ0) is 12.2. The van der Waals surface area contributed by atoms with E-state index in [4.69, 9.17) is 0 Å². The third kappa shape index (κ3) is 7.27. The maximum Gasteiger partial charge on any atom is 0.178 e. The summed E-state index contributed by atoms with van der Waals surface area (Å²) in [6.07, 6.45) is 7.84. The Bertz CT molecular complexity index is 366. The quantitative estimate of drug-likeness (QED) is 0.548. The van der Waals surface area contributed by atoms with Crippen LogP contribution >= 0.6 is 0 Å². The molecule has 0 radical (unpaired) electrons. The van der Waals surface area contributed by atoms with E-state index in [9.17, 15) is 4.79 Å². The number of carbonyl (C=O) groups is 1. The average molecular weight is 212 g/mol. The molecule has 1 heteroatoms. The van der Waals surface area contributed by atoms with Crippen LogP contribution in [0.4, 0.5) is 0 Å². The van der Waals surface area contributed by atoms with Gasteiger partial charge in [0, 0.05) is 0 Å². The molecule has 0 unspecified atom stereocenters. The summed E-state index contributed by atoms with van der Waals surface area (Å²) in [5, 5.41) is 0. The molecule has 1 nitrogen and oxygen atoms in total. The minimum absolute atomic E-state index is 0.0705. The fraction of sp³-hybridized carbons (Fsp3) is 0. The zero-order valence-electron chi connectivity index (χ0n) is 9.30. The number of carbonyl (C=O) groups excluding carboxylic acids is 1. The summed E-state index contributed by atoms with van der Waals surface area (Å²) in [5.41, 5.74) is 1.02. The van der Waals surface area contributed by atoms with Crippen LogP contribution in [0.5, 0.6) is 0 Å². The van der Waals surface area contributed by atoms with Crippen molar-refractivity contribution in [2.45, 2.75) is 0 Å². The lowest BCUT2D eigenvalue weighted by atomic mass is 10.2. The van der Waals surface area contributed by atoms with Gasteiger partial charge in [-0.1, -0.05) is 68.3 Å². The normalized spacial score (nSPS) is 8.75. The molecule has 0 aliphatic heterocycles. The molecular formula is C15H16O. The number of hydrogen-bond acceptors (Lipinski definition) is 1. The Hall–Kier alpha value is -2.15. The van der Waals surface area contributed by atoms with Crippen molar-refractivity contribution in [1.82, 2.24) is 0 Å². The topological polar surface area (TPSA) is 17.1 Å². The summed E-state index contributed by atoms with van der Waals surface area (Å²) in [4.78, 5) is 10.8. The van der Waals surface area contributed by atoms with E-state index in [1.807, 2.05) is 30.3 Å². The molecule has 0 N–H and O–H groups in total. The predicted molar refractivity (Wildman–Crippen MR) is 71.1 cm³/mol. The second-order valence-corrected chi connectivity index (χ2v) is 2.82. The van der Waals surface area contributed by atoms with Crippen molar-refractivity contribution in [3.8, 4) is 0 Å². The van der Waals surface area contributed by atoms with Crippen molar-refractivity contribution < 1.29 is 4.79 Å². The van der Waals surface area contributed by atoms with Gasteiger partial charge in [0.05, 0.1) is 0 Å². The van der Waals surface area contributed by atoms with Crippen LogP contribution in [0.15, 0.2) is 74.4 Å². The van der Waals surface area contributed by atoms with Crippen LogP contribution in [-0.4, -0.2) is 5.78 Å². The molecule has 0 fully saturated rings. The van der Waals surface area contributed by atoms with Gasteiger partial charge >= 0.3 is 0 Å². The van der Waals surface area contributed by atoms with E-state index in [0.717, 1.165) is 5.56 Å². The molecule has 0 aliphatic carbocycles. The molecule has 0 saturated carbocycles. The van der Waals surface area contributed by atoms with Gasteiger partial charge in [-0.15, -0.1) is 0 Å². The maximum atomic E-state index is 10.8. The van der Waals surface area contributed by atoms with Crippen molar-refractivity contribution in [2.24, 2.45) is 0 Å². The molecule has 0 amide bonds. The molecular weight excluding hydrogens is 196 g/mol. The van der Waals surface area contributed by atoms with Crippen LogP contribution < -0.4 is 0 Å². The van der Waals surface area contributed by atoms with Crippen molar-refractivity contribution in [3.63, 3.8) is 0 Å². The Labute approximate surface area is 97.1 Å². The van der Waals surface area contributed by atoms with Gasteiger partial charge in [-0.05, 0) is 17.7 Å². The SMILES string of the molecule is C=CC(=O)C=Cc1ccccc1.C=CC=C. The Morgan fingerprint density at radius 2 is 1.56 bits per heavy atom. The first kappa shape index (κ1) is 13.8. The van der Waals surface area contributed by atoms with Crippen molar-refractivity contribution >= 4 is 11.9 Å². The molecule has 0 atom stereocenters. The van der Waals surface area contributed by atoms with Gasteiger partial charge in [0.1, 0.15) is 0 Å². The standard InChI is InChI=1S/C11H10O.C4H6/c1-2-11(12)9-8-10-6-4-3-5-7-10;1-3-4-2/h2-9H,1H2;3-4H,1-2H2. The molecule has 1 rings (SSSR count). The Kier molecular flexibility index (Phi) is 8.14. The monoisotopic (exact) mass is 212 g/mol. The lowest BCUT2D eigenvalue weighted by Gasteiger charge is -1.88. The number of hydrogen-bond donors (Lipinski definition) is 0. The first-order valence-corrected chi connectivity index (χ1v) is 4.87. The zero-order valence-corrected chi connectivity index (χ0v) is 9.30. The molecule has 0 heterocycles. The number of benzene rings is 1. The second kappa shape index (κ2) is 9.41. The third-order valence-corrected chi connectivity index (χ3v) is 1.61. The van der Waals surface area contributed by atoms with E-state index in [0.29, 0.717) is 0 Å². The van der Waals surface area contributed by atoms with E-state index in [-0.39, 0.29) is 5.78 Å². The summed E-state index contributed by atoms with van der Waals surface area (Å²) in [7, 11) is 0. The van der Waals surface area contributed by atoms with E-state index < -0.39 is 0 Å². The van der Waals surface area contributed by atoms with Gasteiger partial charge in [0.2, 0.25) is 0 Å². The first-order chi connectivity index (χ1) is 7.74. The Morgan fingerprint density at radius 1 is 1.00 bits per heavy atom. The second-order valence-electron chi connectivity index (χ2n) is 2.82. The van der Waals surface area contributed by atoms with Gasteiger partial charge in [-0.3, -0.25) is 4.79 Å². The van der Waals surface area contributed by atoms with Crippen molar-refractivity contribution in [1.29, 1.82) is 0 Å². The minimum Gasteiger partial charge on any atom is -0.290 e. The van der Waals surface area contributed by atoms with Crippen LogP contribution in [0, 0.1) is 0 Å². The summed E-state index contributed by atoms with van der Waals surface area (Å²) >= 11 is 0. The lowest BCUT2D eigenvalue weighted by Crippen LogP contribution is -1.82. The van der Waals surface area contributed by atoms with Gasteiger partial charge < -0.3 is 0 Å². The fourth-order valence-electron chi connectivity index (χ4n) is 0.811. The third-order valence-electron chi connectivity index (χ3n) is 1.61. The summed E-state index contributed by atoms with van der Waals surface area (Å²) in [6.45, 7) is 10.1. The number of allylic oxidation sites excluding steroid dienone is 4. The maximum absolute atomic E-state index is 10.8. The van der Waals surface area contributed by atoms with Gasteiger partial charge in [-0.2, -0.15) is 0 Å². The van der Waals surface area contributed by atoms with Crippen LogP contribution in [0.2, 0.25) is 0 Å². The first-order valence-electron chi connectivity index (χ1n) is 4.87. The molecule has 0 spiro atoms. The molecule has 0 aliphatic rings. The van der Waals surface area contributed by atoms with Crippen LogP contribution in [-0.2, 0) is 4.79 Å². The molecule has 1 aromatic rings. The molecule has 1 aromatic carbocycles. The smallest absolute Gasteiger partial charge is 0.178 e. The number of ketones is 1. The molecule has 0 bridgehead atoms. The van der Waals surface area contributed by atoms with Gasteiger partial charge in [-0.25, -0.2) is 0 Å². The summed E-state index contributed by atoms with van der Waals surface area (Å²) in [6, 6.07) is 9.67. The summed E-state index contributed by atoms with van der Waals surface area (Å²) < 4.78 is 0. The molecule has 0 aromatic heterocycles. The highest BCUT2D eigenvalue weighted by molar-refractivity contribution is 6.01. The average Bonchev–Trinajstić information content (AvgIpc) is 2.37. The molecule has 16 heavy (non-hydrogen) atoms. The van der Waals surface area contributed by atoms with Crippen LogP contribution in [0.1, 0.15) is 5.56 Å². The van der Waals surface area contributed by atoms with Crippen molar-refractivity contribution in [3.05, 3.63) is 79.9 Å². The highest BCUT2D eigenvalue weighted by atomic mass is 16.1. The van der Waals surface area contributed by atoms with Gasteiger partial charge in [0.15, 0.2) is 5.78 Å². The lowest BCUT2D eigenvalue weighted by molar-refractivity contribution is -0.110. The van der Waals surface area contributed by atoms with E-state index in [1.54, 1.807) is 18.2 Å². The van der Waals surface area contributed by atoms with E-state index in [2.05, 4.69) is 19.7 Å². The predicted octanol–water partition coefficient (Wildman–Crippen LogP) is 3.81. The minimum atomic E-state index is -0.0705.